The number of benzene rings is 4. The van der Waals surface area contributed by atoms with E-state index in [1.54, 1.807) is 6.08 Å². The Morgan fingerprint density at radius 1 is 0.971 bits per heavy atom. The third-order valence-corrected chi connectivity index (χ3v) is 5.94. The van der Waals surface area contributed by atoms with Crippen LogP contribution in [0.2, 0.25) is 5.02 Å². The van der Waals surface area contributed by atoms with Gasteiger partial charge in [-0.25, -0.2) is 0 Å². The lowest BCUT2D eigenvalue weighted by molar-refractivity contribution is -0.112. The second-order valence-electron chi connectivity index (χ2n) is 7.71. The monoisotopic (exact) mass is 466 g/mol. The van der Waals surface area contributed by atoms with Gasteiger partial charge in [0.2, 0.25) is 0 Å². The smallest absolute Gasteiger partial charge is 0.266 e. The number of nitriles is 1. The highest BCUT2D eigenvalue weighted by molar-refractivity contribution is 6.31. The molecular formula is C29H23ClN2O2. The maximum Gasteiger partial charge on any atom is 0.266 e. The van der Waals surface area contributed by atoms with Gasteiger partial charge in [-0.15, -0.1) is 0 Å². The fourth-order valence-corrected chi connectivity index (χ4v) is 3.94. The first-order valence-corrected chi connectivity index (χ1v) is 11.4. The summed E-state index contributed by atoms with van der Waals surface area (Å²) < 4.78 is 6.12. The minimum Gasteiger partial charge on any atom is -0.488 e. The SMILES string of the molecule is CCc1ccccc1NC(=O)/C(C#N)=C/c1c(OCc2ccccc2Cl)ccc2ccccc12. The van der Waals surface area contributed by atoms with Crippen molar-refractivity contribution in [2.45, 2.75) is 20.0 Å². The van der Waals surface area contributed by atoms with E-state index in [-0.39, 0.29) is 12.2 Å². The summed E-state index contributed by atoms with van der Waals surface area (Å²) in [7, 11) is 0. The second kappa shape index (κ2) is 10.7. The van der Waals surface area contributed by atoms with E-state index in [0.717, 1.165) is 28.3 Å². The average molecular weight is 467 g/mol. The van der Waals surface area contributed by atoms with Crippen LogP contribution in [0.5, 0.6) is 5.75 Å². The Hall–Kier alpha value is -4.07. The number of ether oxygens (including phenoxy) is 1. The molecule has 4 rings (SSSR count). The van der Waals surface area contributed by atoms with Gasteiger partial charge in [0.15, 0.2) is 0 Å². The molecule has 0 aliphatic rings. The number of carbonyl (C=O) groups excluding carboxylic acids is 1. The molecule has 0 atom stereocenters. The molecule has 4 aromatic carbocycles. The highest BCUT2D eigenvalue weighted by Gasteiger charge is 2.15. The van der Waals surface area contributed by atoms with Gasteiger partial charge in [0.1, 0.15) is 24.0 Å². The van der Waals surface area contributed by atoms with Crippen molar-refractivity contribution in [2.24, 2.45) is 0 Å². The van der Waals surface area contributed by atoms with Crippen LogP contribution in [0.15, 0.2) is 90.5 Å². The lowest BCUT2D eigenvalue weighted by atomic mass is 10.0. The molecule has 0 bridgehead atoms. The zero-order valence-corrected chi connectivity index (χ0v) is 19.5. The molecule has 5 heteroatoms. The molecule has 1 N–H and O–H groups in total. The van der Waals surface area contributed by atoms with Crippen LogP contribution in [0, 0.1) is 11.3 Å². The molecule has 168 valence electrons. The van der Waals surface area contributed by atoms with E-state index in [1.165, 1.54) is 0 Å². The van der Waals surface area contributed by atoms with Gasteiger partial charge in [-0.1, -0.05) is 85.3 Å². The molecule has 0 aliphatic carbocycles. The number of halogens is 1. The van der Waals surface area contributed by atoms with Crippen molar-refractivity contribution in [2.75, 3.05) is 5.32 Å². The van der Waals surface area contributed by atoms with E-state index >= 15 is 0 Å². The van der Waals surface area contributed by atoms with Crippen LogP contribution in [0.25, 0.3) is 16.8 Å². The van der Waals surface area contributed by atoms with Gasteiger partial charge >= 0.3 is 0 Å². The molecule has 0 heterocycles. The molecule has 0 fully saturated rings. The minimum atomic E-state index is -0.464. The predicted molar refractivity (Wildman–Crippen MR) is 138 cm³/mol. The summed E-state index contributed by atoms with van der Waals surface area (Å²) >= 11 is 6.29. The van der Waals surface area contributed by atoms with Crippen LogP contribution < -0.4 is 10.1 Å². The normalized spacial score (nSPS) is 11.1. The van der Waals surface area contributed by atoms with E-state index in [4.69, 9.17) is 16.3 Å². The van der Waals surface area contributed by atoms with Crippen molar-refractivity contribution in [3.8, 4) is 11.8 Å². The topological polar surface area (TPSA) is 62.1 Å². The average Bonchev–Trinajstić information content (AvgIpc) is 2.87. The Kier molecular flexibility index (Phi) is 7.27. The predicted octanol–water partition coefficient (Wildman–Crippen LogP) is 7.18. The Bertz CT molecular complexity index is 1420. The van der Waals surface area contributed by atoms with E-state index < -0.39 is 5.91 Å². The summed E-state index contributed by atoms with van der Waals surface area (Å²) in [6.45, 7) is 2.28. The zero-order valence-electron chi connectivity index (χ0n) is 18.7. The first kappa shape index (κ1) is 23.1. The summed E-state index contributed by atoms with van der Waals surface area (Å²) in [5.74, 6) is 0.0986. The van der Waals surface area contributed by atoms with Gasteiger partial charge in [0.25, 0.3) is 5.91 Å². The molecule has 0 unspecified atom stereocenters. The molecule has 4 nitrogen and oxygen atoms in total. The third kappa shape index (κ3) is 5.11. The van der Waals surface area contributed by atoms with Gasteiger partial charge < -0.3 is 10.1 Å². The number of amides is 1. The number of hydrogen-bond acceptors (Lipinski definition) is 3. The van der Waals surface area contributed by atoms with Gasteiger partial charge in [-0.05, 0) is 47.0 Å². The molecule has 0 aromatic heterocycles. The largest absolute Gasteiger partial charge is 0.488 e. The summed E-state index contributed by atoms with van der Waals surface area (Å²) in [5.41, 5.74) is 3.21. The van der Waals surface area contributed by atoms with Crippen LogP contribution in [0.1, 0.15) is 23.6 Å². The standard InChI is InChI=1S/C29H23ClN2O2/c1-2-20-9-5-8-14-27(20)32-29(33)23(18-31)17-25-24-12-6-3-10-21(24)15-16-28(25)34-19-22-11-4-7-13-26(22)30/h3-17H,2,19H2,1H3,(H,32,33)/b23-17+. The van der Waals surface area contributed by atoms with Gasteiger partial charge in [-0.2, -0.15) is 5.26 Å². The van der Waals surface area contributed by atoms with Crippen LogP contribution in [0.4, 0.5) is 5.69 Å². The minimum absolute atomic E-state index is 0.00940. The summed E-state index contributed by atoms with van der Waals surface area (Å²) in [4.78, 5) is 13.0. The molecule has 0 saturated heterocycles. The lowest BCUT2D eigenvalue weighted by Gasteiger charge is -2.14. The first-order valence-electron chi connectivity index (χ1n) is 11.0. The van der Waals surface area contributed by atoms with Crippen molar-refractivity contribution >= 4 is 40.0 Å². The first-order chi connectivity index (χ1) is 16.6. The van der Waals surface area contributed by atoms with Crippen molar-refractivity contribution < 1.29 is 9.53 Å². The van der Waals surface area contributed by atoms with Crippen molar-refractivity contribution in [3.63, 3.8) is 0 Å². The molecule has 34 heavy (non-hydrogen) atoms. The van der Waals surface area contributed by atoms with Crippen molar-refractivity contribution in [1.29, 1.82) is 5.26 Å². The van der Waals surface area contributed by atoms with Gasteiger partial charge in [0.05, 0.1) is 0 Å². The number of para-hydroxylation sites is 1. The number of carbonyl (C=O) groups is 1. The Morgan fingerprint density at radius 2 is 1.68 bits per heavy atom. The molecular weight excluding hydrogens is 444 g/mol. The van der Waals surface area contributed by atoms with E-state index in [9.17, 15) is 10.1 Å². The summed E-state index contributed by atoms with van der Waals surface area (Å²) in [6, 6.07) is 28.7. The Balaban J connectivity index is 1.72. The molecule has 1 amide bonds. The maximum atomic E-state index is 13.0. The van der Waals surface area contributed by atoms with E-state index in [1.807, 2.05) is 91.9 Å². The Labute approximate surface area is 204 Å². The number of hydrogen-bond donors (Lipinski definition) is 1. The summed E-state index contributed by atoms with van der Waals surface area (Å²) in [6.07, 6.45) is 2.36. The molecule has 0 spiro atoms. The van der Waals surface area contributed by atoms with Gasteiger partial charge in [-0.3, -0.25) is 4.79 Å². The number of nitrogens with one attached hydrogen (secondary N) is 1. The number of rotatable bonds is 7. The van der Waals surface area contributed by atoms with Crippen molar-refractivity contribution in [1.82, 2.24) is 0 Å². The zero-order chi connectivity index (χ0) is 23.9. The van der Waals surface area contributed by atoms with Gasteiger partial charge in [0, 0.05) is 21.8 Å². The maximum absolute atomic E-state index is 13.0. The van der Waals surface area contributed by atoms with Crippen LogP contribution in [-0.4, -0.2) is 5.91 Å². The number of aryl methyl sites for hydroxylation is 1. The highest BCUT2D eigenvalue weighted by Crippen LogP contribution is 2.31. The van der Waals surface area contributed by atoms with Crippen LogP contribution in [-0.2, 0) is 17.8 Å². The highest BCUT2D eigenvalue weighted by atomic mass is 35.5. The third-order valence-electron chi connectivity index (χ3n) is 5.57. The van der Waals surface area contributed by atoms with E-state index in [0.29, 0.717) is 22.0 Å². The molecule has 0 aliphatic heterocycles. The van der Waals surface area contributed by atoms with Crippen LogP contribution in [0.3, 0.4) is 0 Å². The number of fused-ring (bicyclic) bond motifs is 1. The molecule has 4 aromatic rings. The molecule has 0 radical (unpaired) electrons. The quantitative estimate of drug-likeness (QED) is 0.232. The van der Waals surface area contributed by atoms with Crippen molar-refractivity contribution in [3.05, 3.63) is 112 Å². The number of anilines is 1. The summed E-state index contributed by atoms with van der Waals surface area (Å²) in [5, 5.41) is 15.2. The second-order valence-corrected chi connectivity index (χ2v) is 8.12. The van der Waals surface area contributed by atoms with E-state index in [2.05, 4.69) is 11.4 Å². The molecule has 0 saturated carbocycles. The number of nitrogens with zero attached hydrogens (tertiary/aromatic N) is 1. The van der Waals surface area contributed by atoms with Crippen LogP contribution >= 0.6 is 11.6 Å². The fraction of sp³-hybridized carbons (Fsp3) is 0.103. The lowest BCUT2D eigenvalue weighted by Crippen LogP contribution is -2.14. The Morgan fingerprint density at radius 3 is 2.44 bits per heavy atom. The fourth-order valence-electron chi connectivity index (χ4n) is 3.75.